The lowest BCUT2D eigenvalue weighted by Crippen LogP contribution is -2.61. The Balaban J connectivity index is 2.18. The largest absolute Gasteiger partial charge is 0.507 e. The zero-order valence-electron chi connectivity index (χ0n) is 16.5. The third kappa shape index (κ3) is 2.81. The van der Waals surface area contributed by atoms with E-state index in [0.29, 0.717) is 5.75 Å². The summed E-state index contributed by atoms with van der Waals surface area (Å²) in [5, 5.41) is 11.0. The van der Waals surface area contributed by atoms with Gasteiger partial charge in [0, 0.05) is 16.4 Å². The van der Waals surface area contributed by atoms with Gasteiger partial charge in [-0.3, -0.25) is 0 Å². The smallest absolute Gasteiger partial charge is 0.128 e. The molecule has 0 aromatic heterocycles. The van der Waals surface area contributed by atoms with Gasteiger partial charge in [-0.05, 0) is 75.0 Å². The molecule has 2 atom stereocenters. The molecular formula is C23H31IO2. The molecule has 1 aliphatic carbocycles. The first kappa shape index (κ1) is 19.8. The Morgan fingerprint density at radius 2 is 2.00 bits per heavy atom. The van der Waals surface area contributed by atoms with Crippen molar-refractivity contribution in [3.8, 4) is 11.5 Å². The van der Waals surface area contributed by atoms with Crippen LogP contribution >= 0.6 is 22.6 Å². The summed E-state index contributed by atoms with van der Waals surface area (Å²) in [5.41, 5.74) is 2.51. The van der Waals surface area contributed by atoms with Gasteiger partial charge < -0.3 is 9.84 Å². The Kier molecular flexibility index (Phi) is 5.24. The van der Waals surface area contributed by atoms with Gasteiger partial charge >= 0.3 is 0 Å². The molecule has 1 heterocycles. The Hall–Kier alpha value is -0.970. The van der Waals surface area contributed by atoms with E-state index in [0.717, 1.165) is 42.6 Å². The van der Waals surface area contributed by atoms with Gasteiger partial charge in [0.2, 0.25) is 0 Å². The lowest BCUT2D eigenvalue weighted by Gasteiger charge is -2.60. The van der Waals surface area contributed by atoms with Crippen LogP contribution in [0.15, 0.2) is 36.4 Å². The maximum absolute atomic E-state index is 11.0. The molecule has 2 aliphatic rings. The maximum Gasteiger partial charge on any atom is 0.128 e. The fourth-order valence-electron chi connectivity index (χ4n) is 5.32. The number of fused-ring (bicyclic) bond motifs is 3. The molecule has 0 radical (unpaired) electrons. The molecule has 3 heteroatoms. The van der Waals surface area contributed by atoms with Crippen LogP contribution in [-0.4, -0.2) is 15.1 Å². The van der Waals surface area contributed by atoms with Crippen LogP contribution in [-0.2, 0) is 11.8 Å². The first-order valence-corrected chi connectivity index (χ1v) is 11.2. The van der Waals surface area contributed by atoms with Crippen LogP contribution in [0.3, 0.4) is 0 Å². The molecule has 0 bridgehead atoms. The molecule has 1 aromatic carbocycles. The van der Waals surface area contributed by atoms with E-state index < -0.39 is 0 Å². The predicted octanol–water partition coefficient (Wildman–Crippen LogP) is 6.49. The summed E-state index contributed by atoms with van der Waals surface area (Å²) in [5.74, 6) is 1.20. The quantitative estimate of drug-likeness (QED) is 0.233. The van der Waals surface area contributed by atoms with E-state index in [9.17, 15) is 5.11 Å². The zero-order chi connectivity index (χ0) is 19.2. The van der Waals surface area contributed by atoms with E-state index in [2.05, 4.69) is 75.1 Å². The second-order valence-corrected chi connectivity index (χ2v) is 9.69. The van der Waals surface area contributed by atoms with Crippen molar-refractivity contribution in [2.75, 3.05) is 4.43 Å². The second kappa shape index (κ2) is 6.88. The SMILES string of the molecule is C=C[C@@]12CCC(C)=C[C@@]1(C)c1c(O)cc(CCCCI)cc1OC2(C)C. The van der Waals surface area contributed by atoms with Crippen LogP contribution in [0, 0.1) is 5.41 Å². The summed E-state index contributed by atoms with van der Waals surface area (Å²) in [6.07, 6.45) is 9.76. The first-order chi connectivity index (χ1) is 12.2. The first-order valence-electron chi connectivity index (χ1n) is 9.64. The van der Waals surface area contributed by atoms with Gasteiger partial charge in [0.25, 0.3) is 0 Å². The van der Waals surface area contributed by atoms with Gasteiger partial charge in [-0.25, -0.2) is 0 Å². The molecule has 0 spiro atoms. The second-order valence-electron chi connectivity index (χ2n) is 8.62. The van der Waals surface area contributed by atoms with Crippen molar-refractivity contribution in [1.82, 2.24) is 0 Å². The Bertz CT molecular complexity index is 749. The normalized spacial score (nSPS) is 29.2. The highest BCUT2D eigenvalue weighted by Crippen LogP contribution is 2.64. The van der Waals surface area contributed by atoms with Gasteiger partial charge in [-0.1, -0.05) is 47.2 Å². The average Bonchev–Trinajstić information content (AvgIpc) is 2.53. The molecule has 1 aromatic rings. The van der Waals surface area contributed by atoms with Crippen molar-refractivity contribution < 1.29 is 9.84 Å². The van der Waals surface area contributed by atoms with Gasteiger partial charge in [-0.2, -0.15) is 0 Å². The number of rotatable bonds is 5. The number of hydrogen-bond acceptors (Lipinski definition) is 2. The van der Waals surface area contributed by atoms with Gasteiger partial charge in [0.15, 0.2) is 0 Å². The molecule has 1 N–H and O–H groups in total. The van der Waals surface area contributed by atoms with E-state index >= 15 is 0 Å². The molecule has 3 rings (SSSR count). The van der Waals surface area contributed by atoms with Crippen molar-refractivity contribution in [3.63, 3.8) is 0 Å². The summed E-state index contributed by atoms with van der Waals surface area (Å²) in [7, 11) is 0. The number of halogens is 1. The minimum Gasteiger partial charge on any atom is -0.507 e. The Morgan fingerprint density at radius 3 is 2.65 bits per heavy atom. The van der Waals surface area contributed by atoms with E-state index in [1.54, 1.807) is 0 Å². The number of aryl methyl sites for hydroxylation is 1. The van der Waals surface area contributed by atoms with Gasteiger partial charge in [0.1, 0.15) is 17.1 Å². The van der Waals surface area contributed by atoms with Crippen LogP contribution in [0.1, 0.15) is 64.5 Å². The van der Waals surface area contributed by atoms with Gasteiger partial charge in [0.05, 0.1) is 0 Å². The number of benzene rings is 1. The van der Waals surface area contributed by atoms with Crippen molar-refractivity contribution in [2.45, 2.75) is 70.8 Å². The van der Waals surface area contributed by atoms with Crippen molar-refractivity contribution >= 4 is 22.6 Å². The monoisotopic (exact) mass is 466 g/mol. The highest BCUT2D eigenvalue weighted by molar-refractivity contribution is 14.1. The molecule has 1 aliphatic heterocycles. The van der Waals surface area contributed by atoms with Crippen LogP contribution in [0.25, 0.3) is 0 Å². The third-order valence-corrected chi connectivity index (χ3v) is 7.44. The summed E-state index contributed by atoms with van der Waals surface area (Å²) < 4.78 is 7.72. The third-order valence-electron chi connectivity index (χ3n) is 6.67. The number of alkyl halides is 1. The number of aromatic hydroxyl groups is 1. The topological polar surface area (TPSA) is 29.5 Å². The number of unbranched alkanes of at least 4 members (excludes halogenated alkanes) is 1. The minimum atomic E-state index is -0.388. The zero-order valence-corrected chi connectivity index (χ0v) is 18.7. The summed E-state index contributed by atoms with van der Waals surface area (Å²) in [6.45, 7) is 13.0. The van der Waals surface area contributed by atoms with Crippen molar-refractivity contribution in [2.24, 2.45) is 5.41 Å². The molecular weight excluding hydrogens is 435 g/mol. The lowest BCUT2D eigenvalue weighted by atomic mass is 9.48. The molecule has 0 fully saturated rings. The van der Waals surface area contributed by atoms with E-state index in [4.69, 9.17) is 4.74 Å². The van der Waals surface area contributed by atoms with E-state index in [-0.39, 0.29) is 16.4 Å². The van der Waals surface area contributed by atoms with Crippen LogP contribution in [0.4, 0.5) is 0 Å². The Morgan fingerprint density at radius 1 is 1.27 bits per heavy atom. The molecule has 0 amide bonds. The maximum atomic E-state index is 11.0. The van der Waals surface area contributed by atoms with Crippen LogP contribution < -0.4 is 4.74 Å². The van der Waals surface area contributed by atoms with E-state index in [1.165, 1.54) is 16.4 Å². The lowest BCUT2D eigenvalue weighted by molar-refractivity contribution is -0.0665. The number of phenolic OH excluding ortho intramolecular Hbond substituents is 1. The molecule has 0 unspecified atom stereocenters. The van der Waals surface area contributed by atoms with E-state index in [1.807, 2.05) is 6.07 Å². The van der Waals surface area contributed by atoms with Crippen molar-refractivity contribution in [3.05, 3.63) is 47.6 Å². The summed E-state index contributed by atoms with van der Waals surface area (Å²) >= 11 is 2.42. The predicted molar refractivity (Wildman–Crippen MR) is 118 cm³/mol. The molecule has 0 saturated heterocycles. The summed E-state index contributed by atoms with van der Waals surface area (Å²) in [4.78, 5) is 0. The average molecular weight is 466 g/mol. The summed E-state index contributed by atoms with van der Waals surface area (Å²) in [6, 6.07) is 4.10. The number of phenols is 1. The van der Waals surface area contributed by atoms with Gasteiger partial charge in [-0.15, -0.1) is 6.58 Å². The minimum absolute atomic E-state index is 0.243. The number of allylic oxidation sites excluding steroid dienone is 2. The fraction of sp³-hybridized carbons (Fsp3) is 0.565. The molecule has 2 nitrogen and oxygen atoms in total. The van der Waals surface area contributed by atoms with Crippen molar-refractivity contribution in [1.29, 1.82) is 0 Å². The molecule has 0 saturated carbocycles. The highest BCUT2D eigenvalue weighted by atomic mass is 127. The van der Waals surface area contributed by atoms with Crippen LogP contribution in [0.5, 0.6) is 11.5 Å². The highest BCUT2D eigenvalue weighted by Gasteiger charge is 2.62. The molecule has 142 valence electrons. The standard InChI is InChI=1S/C23H31IO2/c1-6-23-11-10-16(2)15-22(23,5)20-18(25)13-17(9-7-8-12-24)14-19(20)26-21(23,3)4/h6,13-15,25H,1,7-12H2,2-5H3/t22-,23-/m0/s1. The van der Waals surface area contributed by atoms with Crippen LogP contribution in [0.2, 0.25) is 0 Å². The number of hydrogen-bond donors (Lipinski definition) is 1. The number of ether oxygens (including phenoxy) is 1. The molecule has 26 heavy (non-hydrogen) atoms. The Labute approximate surface area is 171 Å². The fourth-order valence-corrected chi connectivity index (χ4v) is 5.86.